The number of fused-ring (bicyclic) bond motifs is 1. The second-order valence-electron chi connectivity index (χ2n) is 9.13. The number of nitrogens with zero attached hydrogens (tertiary/aromatic N) is 3. The molecule has 0 aliphatic heterocycles. The zero-order valence-corrected chi connectivity index (χ0v) is 21.5. The van der Waals surface area contributed by atoms with Gasteiger partial charge in [0.2, 0.25) is 5.91 Å². The molecule has 7 nitrogen and oxygen atoms in total. The molecule has 1 aromatic heterocycles. The summed E-state index contributed by atoms with van der Waals surface area (Å²) in [5.74, 6) is 1.62. The largest absolute Gasteiger partial charge is 0.497 e. The van der Waals surface area contributed by atoms with E-state index in [1.165, 1.54) is 0 Å². The van der Waals surface area contributed by atoms with Crippen molar-refractivity contribution in [2.45, 2.75) is 38.8 Å². The number of rotatable bonds is 12. The van der Waals surface area contributed by atoms with Crippen LogP contribution in [0.3, 0.4) is 0 Å². The summed E-state index contributed by atoms with van der Waals surface area (Å²) in [5, 5.41) is 2.98. The van der Waals surface area contributed by atoms with E-state index < -0.39 is 0 Å². The number of unbranched alkanes of at least 4 members (excludes halogenated alkanes) is 2. The Morgan fingerprint density at radius 1 is 0.919 bits per heavy atom. The van der Waals surface area contributed by atoms with Gasteiger partial charge >= 0.3 is 0 Å². The van der Waals surface area contributed by atoms with Crippen LogP contribution >= 0.6 is 0 Å². The molecule has 192 valence electrons. The fourth-order valence-electron chi connectivity index (χ4n) is 4.33. The number of imidazole rings is 1. The Kier molecular flexibility index (Phi) is 8.92. The number of para-hydroxylation sites is 2. The molecule has 1 N–H and O–H groups in total. The van der Waals surface area contributed by atoms with Crippen molar-refractivity contribution in [2.75, 3.05) is 20.7 Å². The van der Waals surface area contributed by atoms with Crippen molar-refractivity contribution in [3.63, 3.8) is 0 Å². The highest BCUT2D eigenvalue weighted by Gasteiger charge is 2.16. The number of carbonyl (C=O) groups excluding carboxylic acids is 2. The lowest BCUT2D eigenvalue weighted by Crippen LogP contribution is -2.30. The average Bonchev–Trinajstić information content (AvgIpc) is 3.28. The van der Waals surface area contributed by atoms with Gasteiger partial charge in [-0.15, -0.1) is 0 Å². The molecule has 0 aliphatic carbocycles. The first-order valence-electron chi connectivity index (χ1n) is 12.7. The number of benzene rings is 3. The maximum absolute atomic E-state index is 13.1. The molecule has 0 radical (unpaired) electrons. The lowest BCUT2D eigenvalue weighted by atomic mass is 10.1. The summed E-state index contributed by atoms with van der Waals surface area (Å²) < 4.78 is 7.18. The van der Waals surface area contributed by atoms with Gasteiger partial charge in [0.05, 0.1) is 18.1 Å². The second-order valence-corrected chi connectivity index (χ2v) is 9.13. The summed E-state index contributed by atoms with van der Waals surface area (Å²) in [6.07, 6.45) is 3.53. The number of aromatic nitrogens is 2. The van der Waals surface area contributed by atoms with Crippen LogP contribution in [0.25, 0.3) is 11.0 Å². The van der Waals surface area contributed by atoms with E-state index in [0.29, 0.717) is 18.7 Å². The topological polar surface area (TPSA) is 76.5 Å². The maximum Gasteiger partial charge on any atom is 0.251 e. The summed E-state index contributed by atoms with van der Waals surface area (Å²) in [6, 6.07) is 25.1. The monoisotopic (exact) mass is 498 g/mol. The zero-order chi connectivity index (χ0) is 26.0. The Morgan fingerprint density at radius 3 is 2.41 bits per heavy atom. The number of aryl methyl sites for hydroxylation is 1. The van der Waals surface area contributed by atoms with Gasteiger partial charge in [0.1, 0.15) is 18.1 Å². The van der Waals surface area contributed by atoms with Crippen LogP contribution < -0.4 is 10.1 Å². The molecule has 4 aromatic rings. The van der Waals surface area contributed by atoms with Crippen LogP contribution in [0.15, 0.2) is 78.9 Å². The van der Waals surface area contributed by atoms with Gasteiger partial charge < -0.3 is 19.5 Å². The molecule has 0 spiro atoms. The quantitative estimate of drug-likeness (QED) is 0.284. The summed E-state index contributed by atoms with van der Waals surface area (Å²) in [6.45, 7) is 1.45. The number of ether oxygens (including phenoxy) is 1. The number of hydrogen-bond donors (Lipinski definition) is 1. The predicted octanol–water partition coefficient (Wildman–Crippen LogP) is 4.85. The third-order valence-electron chi connectivity index (χ3n) is 6.43. The van der Waals surface area contributed by atoms with Crippen molar-refractivity contribution in [3.05, 3.63) is 95.8 Å². The second kappa shape index (κ2) is 12.7. The van der Waals surface area contributed by atoms with E-state index in [1.54, 1.807) is 36.3 Å². The van der Waals surface area contributed by atoms with E-state index in [4.69, 9.17) is 9.72 Å². The minimum Gasteiger partial charge on any atom is -0.497 e. The lowest BCUT2D eigenvalue weighted by molar-refractivity contribution is -0.131. The minimum absolute atomic E-state index is 0.0505. The number of amides is 2. The van der Waals surface area contributed by atoms with E-state index >= 15 is 0 Å². The fourth-order valence-corrected chi connectivity index (χ4v) is 4.33. The highest BCUT2D eigenvalue weighted by Crippen LogP contribution is 2.19. The number of methoxy groups -OCH3 is 1. The summed E-state index contributed by atoms with van der Waals surface area (Å²) in [5.41, 5.74) is 3.61. The molecular formula is C30H34N4O3. The smallest absolute Gasteiger partial charge is 0.251 e. The van der Waals surface area contributed by atoms with Gasteiger partial charge in [-0.25, -0.2) is 4.98 Å². The average molecular weight is 499 g/mol. The molecule has 0 saturated carbocycles. The van der Waals surface area contributed by atoms with Crippen molar-refractivity contribution in [1.82, 2.24) is 19.8 Å². The van der Waals surface area contributed by atoms with Crippen molar-refractivity contribution in [1.29, 1.82) is 0 Å². The highest BCUT2D eigenvalue weighted by atomic mass is 16.5. The molecule has 1 heterocycles. The van der Waals surface area contributed by atoms with Crippen molar-refractivity contribution in [3.8, 4) is 5.75 Å². The Hall–Kier alpha value is -4.13. The van der Waals surface area contributed by atoms with Crippen molar-refractivity contribution in [2.24, 2.45) is 0 Å². The van der Waals surface area contributed by atoms with Crippen LogP contribution in [0.1, 0.15) is 41.0 Å². The first-order chi connectivity index (χ1) is 18.0. The number of carbonyl (C=O) groups is 2. The Morgan fingerprint density at radius 2 is 1.65 bits per heavy atom. The van der Waals surface area contributed by atoms with E-state index in [2.05, 4.69) is 5.32 Å². The van der Waals surface area contributed by atoms with E-state index in [9.17, 15) is 9.59 Å². The van der Waals surface area contributed by atoms with Crippen LogP contribution in [-0.4, -0.2) is 47.0 Å². The highest BCUT2D eigenvalue weighted by molar-refractivity contribution is 5.94. The molecule has 0 unspecified atom stereocenters. The summed E-state index contributed by atoms with van der Waals surface area (Å²) in [7, 11) is 3.45. The van der Waals surface area contributed by atoms with Crippen LogP contribution in [0.5, 0.6) is 5.75 Å². The Bertz CT molecular complexity index is 1320. The van der Waals surface area contributed by atoms with Gasteiger partial charge in [-0.3, -0.25) is 9.59 Å². The molecule has 37 heavy (non-hydrogen) atoms. The van der Waals surface area contributed by atoms with Gasteiger partial charge in [0.15, 0.2) is 0 Å². The molecule has 3 aromatic carbocycles. The van der Waals surface area contributed by atoms with Gasteiger partial charge in [0, 0.05) is 32.1 Å². The first-order valence-corrected chi connectivity index (χ1v) is 12.7. The Labute approximate surface area is 218 Å². The normalized spacial score (nSPS) is 10.9. The molecule has 0 saturated heterocycles. The molecule has 7 heteroatoms. The lowest BCUT2D eigenvalue weighted by Gasteiger charge is -2.19. The van der Waals surface area contributed by atoms with Crippen molar-refractivity contribution < 1.29 is 14.3 Å². The number of hydrogen-bond acceptors (Lipinski definition) is 4. The van der Waals surface area contributed by atoms with Gasteiger partial charge in [-0.1, -0.05) is 48.9 Å². The predicted molar refractivity (Wildman–Crippen MR) is 146 cm³/mol. The summed E-state index contributed by atoms with van der Waals surface area (Å²) >= 11 is 0. The molecule has 0 bridgehead atoms. The molecule has 2 amide bonds. The number of nitrogens with one attached hydrogen (secondary N) is 1. The van der Waals surface area contributed by atoms with Crippen LogP contribution in [-0.2, 0) is 24.3 Å². The SMILES string of the molecule is COc1ccc(C(=O)NCCCCCc2nc3ccccc3n2CC(=O)N(C)Cc2ccccc2)cc1. The van der Waals surface area contributed by atoms with Gasteiger partial charge in [0.25, 0.3) is 5.91 Å². The van der Waals surface area contributed by atoms with E-state index in [0.717, 1.165) is 53.9 Å². The fraction of sp³-hybridized carbons (Fsp3) is 0.300. The standard InChI is InChI=1S/C30H34N4O3/c1-33(21-23-11-5-3-6-12-23)29(35)22-34-27-14-9-8-13-26(27)32-28(34)15-7-4-10-20-31-30(36)24-16-18-25(37-2)19-17-24/h3,5-6,8-9,11-14,16-19H,4,7,10,15,20-22H2,1-2H3,(H,31,36). The zero-order valence-electron chi connectivity index (χ0n) is 21.5. The van der Waals surface area contributed by atoms with Crippen LogP contribution in [0.2, 0.25) is 0 Å². The van der Waals surface area contributed by atoms with E-state index in [1.807, 2.05) is 66.2 Å². The Balaban J connectivity index is 1.29. The molecule has 0 aliphatic rings. The molecule has 4 rings (SSSR count). The molecular weight excluding hydrogens is 464 g/mol. The van der Waals surface area contributed by atoms with Crippen LogP contribution in [0, 0.1) is 0 Å². The number of likely N-dealkylation sites (N-methyl/N-ethyl adjacent to an activating group) is 1. The minimum atomic E-state index is -0.0809. The molecule has 0 fully saturated rings. The molecule has 0 atom stereocenters. The third-order valence-corrected chi connectivity index (χ3v) is 6.43. The first kappa shape index (κ1) is 25.9. The summed E-state index contributed by atoms with van der Waals surface area (Å²) in [4.78, 5) is 32.0. The third kappa shape index (κ3) is 6.97. The van der Waals surface area contributed by atoms with Crippen molar-refractivity contribution >= 4 is 22.8 Å². The van der Waals surface area contributed by atoms with Gasteiger partial charge in [-0.05, 0) is 54.8 Å². The van der Waals surface area contributed by atoms with E-state index in [-0.39, 0.29) is 18.4 Å². The van der Waals surface area contributed by atoms with Crippen LogP contribution in [0.4, 0.5) is 0 Å². The maximum atomic E-state index is 13.1. The van der Waals surface area contributed by atoms with Gasteiger partial charge in [-0.2, -0.15) is 0 Å².